The Morgan fingerprint density at radius 3 is 2.85 bits per heavy atom. The van der Waals surface area contributed by atoms with E-state index >= 15 is 0 Å². The maximum absolute atomic E-state index is 12.3. The van der Waals surface area contributed by atoms with Crippen molar-refractivity contribution in [3.8, 4) is 22.6 Å². The van der Waals surface area contributed by atoms with Gasteiger partial charge in [0, 0.05) is 37.0 Å². The van der Waals surface area contributed by atoms with Crippen LogP contribution in [0.1, 0.15) is 12.3 Å². The Morgan fingerprint density at radius 1 is 1.15 bits per heavy atom. The number of nitrogens with zero attached hydrogens (tertiary/aromatic N) is 5. The summed E-state index contributed by atoms with van der Waals surface area (Å²) in [6, 6.07) is 9.13. The summed E-state index contributed by atoms with van der Waals surface area (Å²) in [5.41, 5.74) is 2.25. The van der Waals surface area contributed by atoms with Crippen LogP contribution in [0.25, 0.3) is 22.6 Å². The minimum absolute atomic E-state index is 0.193. The second-order valence-corrected chi connectivity index (χ2v) is 5.67. The molecule has 0 aliphatic carbocycles. The molecule has 9 heteroatoms. The van der Waals surface area contributed by atoms with E-state index in [9.17, 15) is 4.79 Å². The molecule has 27 heavy (non-hydrogen) atoms. The van der Waals surface area contributed by atoms with Crippen LogP contribution in [0.3, 0.4) is 0 Å². The number of aromatic amines is 1. The molecule has 0 aromatic carbocycles. The van der Waals surface area contributed by atoms with Crippen LogP contribution in [-0.2, 0) is 11.2 Å². The van der Waals surface area contributed by atoms with Crippen LogP contribution >= 0.6 is 0 Å². The van der Waals surface area contributed by atoms with Crippen molar-refractivity contribution in [3.63, 3.8) is 0 Å². The predicted octanol–water partition coefficient (Wildman–Crippen LogP) is 2.49. The number of nitrogens with one attached hydrogen (secondary N) is 2. The monoisotopic (exact) mass is 361 g/mol. The summed E-state index contributed by atoms with van der Waals surface area (Å²) in [7, 11) is 0. The highest BCUT2D eigenvalue weighted by molar-refractivity contribution is 5.93. The third-order valence-electron chi connectivity index (χ3n) is 3.82. The van der Waals surface area contributed by atoms with E-state index in [1.807, 2.05) is 18.2 Å². The Labute approximate surface area is 153 Å². The number of H-pyrrole nitrogens is 1. The lowest BCUT2D eigenvalue weighted by molar-refractivity contribution is -0.116. The van der Waals surface area contributed by atoms with Crippen LogP contribution in [0.4, 0.5) is 5.82 Å². The highest BCUT2D eigenvalue weighted by Crippen LogP contribution is 2.23. The molecule has 4 aromatic heterocycles. The molecule has 0 unspecified atom stereocenters. The van der Waals surface area contributed by atoms with Gasteiger partial charge in [0.2, 0.25) is 17.6 Å². The Balaban J connectivity index is 1.37. The van der Waals surface area contributed by atoms with Gasteiger partial charge in [0.05, 0.1) is 17.5 Å². The van der Waals surface area contributed by atoms with Crippen molar-refractivity contribution in [2.75, 3.05) is 5.32 Å². The van der Waals surface area contributed by atoms with Gasteiger partial charge in [-0.15, -0.1) is 0 Å². The second kappa shape index (κ2) is 7.56. The standard InChI is InChI=1S/C18H15N7O2/c26-15(22-18-13(11-21-24-18)14-3-1-2-8-20-14)4-5-16-23-17(25-27-16)12-6-9-19-10-7-12/h1-3,6-11H,4-5H2,(H2,21,22,24,26). The fraction of sp³-hybridized carbons (Fsp3) is 0.111. The van der Waals surface area contributed by atoms with E-state index in [0.717, 1.165) is 16.8 Å². The molecule has 0 atom stereocenters. The third-order valence-corrected chi connectivity index (χ3v) is 3.82. The van der Waals surface area contributed by atoms with Crippen LogP contribution in [0.5, 0.6) is 0 Å². The van der Waals surface area contributed by atoms with Gasteiger partial charge < -0.3 is 9.84 Å². The minimum Gasteiger partial charge on any atom is -0.339 e. The Hall–Kier alpha value is -3.88. The number of hydrogen-bond donors (Lipinski definition) is 2. The van der Waals surface area contributed by atoms with Gasteiger partial charge in [0.25, 0.3) is 0 Å². The first-order chi connectivity index (χ1) is 13.3. The Bertz CT molecular complexity index is 1030. The van der Waals surface area contributed by atoms with Gasteiger partial charge in [0.15, 0.2) is 0 Å². The average molecular weight is 361 g/mol. The van der Waals surface area contributed by atoms with E-state index in [0.29, 0.717) is 24.0 Å². The van der Waals surface area contributed by atoms with Crippen LogP contribution in [0.15, 0.2) is 59.6 Å². The lowest BCUT2D eigenvalue weighted by Crippen LogP contribution is -2.13. The SMILES string of the molecule is O=C(CCc1nc(-c2ccncc2)no1)Nc1[nH]ncc1-c1ccccn1. The minimum atomic E-state index is -0.194. The van der Waals surface area contributed by atoms with Crippen molar-refractivity contribution in [1.82, 2.24) is 30.3 Å². The fourth-order valence-corrected chi connectivity index (χ4v) is 2.49. The van der Waals surface area contributed by atoms with Crippen LogP contribution in [0.2, 0.25) is 0 Å². The van der Waals surface area contributed by atoms with Crippen molar-refractivity contribution in [1.29, 1.82) is 0 Å². The predicted molar refractivity (Wildman–Crippen MR) is 96.3 cm³/mol. The molecule has 2 N–H and O–H groups in total. The lowest BCUT2D eigenvalue weighted by Gasteiger charge is -2.04. The number of anilines is 1. The number of aromatic nitrogens is 6. The topological polar surface area (TPSA) is 122 Å². The zero-order valence-corrected chi connectivity index (χ0v) is 14.2. The maximum atomic E-state index is 12.3. The van der Waals surface area contributed by atoms with E-state index < -0.39 is 0 Å². The summed E-state index contributed by atoms with van der Waals surface area (Å²) in [6.07, 6.45) is 7.14. The first-order valence-corrected chi connectivity index (χ1v) is 8.27. The van der Waals surface area contributed by atoms with Gasteiger partial charge in [-0.1, -0.05) is 11.2 Å². The number of rotatable bonds is 6. The van der Waals surface area contributed by atoms with E-state index in [-0.39, 0.29) is 12.3 Å². The van der Waals surface area contributed by atoms with Crippen molar-refractivity contribution < 1.29 is 9.32 Å². The normalized spacial score (nSPS) is 10.7. The number of amides is 1. The quantitative estimate of drug-likeness (QED) is 0.541. The van der Waals surface area contributed by atoms with Crippen molar-refractivity contribution in [3.05, 3.63) is 61.0 Å². The van der Waals surface area contributed by atoms with E-state index in [2.05, 4.69) is 35.6 Å². The molecule has 0 radical (unpaired) electrons. The summed E-state index contributed by atoms with van der Waals surface area (Å²) in [5.74, 6) is 1.17. The zero-order chi connectivity index (χ0) is 18.5. The first kappa shape index (κ1) is 16.6. The summed E-state index contributed by atoms with van der Waals surface area (Å²) >= 11 is 0. The Morgan fingerprint density at radius 2 is 2.04 bits per heavy atom. The van der Waals surface area contributed by atoms with Crippen molar-refractivity contribution in [2.24, 2.45) is 0 Å². The van der Waals surface area contributed by atoms with Gasteiger partial charge in [-0.2, -0.15) is 10.1 Å². The summed E-state index contributed by atoms with van der Waals surface area (Å²) in [6.45, 7) is 0. The molecule has 0 aliphatic rings. The third kappa shape index (κ3) is 3.87. The van der Waals surface area contributed by atoms with E-state index in [4.69, 9.17) is 4.52 Å². The molecule has 4 heterocycles. The molecular weight excluding hydrogens is 346 g/mol. The van der Waals surface area contributed by atoms with Crippen LogP contribution in [-0.4, -0.2) is 36.2 Å². The molecular formula is C18H15N7O2. The van der Waals surface area contributed by atoms with E-state index in [1.165, 1.54) is 0 Å². The molecule has 0 aliphatic heterocycles. The summed E-state index contributed by atoms with van der Waals surface area (Å²) in [4.78, 5) is 24.8. The van der Waals surface area contributed by atoms with Crippen molar-refractivity contribution in [2.45, 2.75) is 12.8 Å². The number of aryl methyl sites for hydroxylation is 1. The molecule has 9 nitrogen and oxygen atoms in total. The van der Waals surface area contributed by atoms with E-state index in [1.54, 1.807) is 36.9 Å². The zero-order valence-electron chi connectivity index (χ0n) is 14.2. The largest absolute Gasteiger partial charge is 0.339 e. The smallest absolute Gasteiger partial charge is 0.227 e. The van der Waals surface area contributed by atoms with Gasteiger partial charge in [-0.25, -0.2) is 0 Å². The van der Waals surface area contributed by atoms with Crippen molar-refractivity contribution >= 4 is 11.7 Å². The average Bonchev–Trinajstić information content (AvgIpc) is 3.37. The Kier molecular flexibility index (Phi) is 4.64. The molecule has 0 bridgehead atoms. The summed E-state index contributed by atoms with van der Waals surface area (Å²) < 4.78 is 5.21. The number of carbonyl (C=O) groups excluding carboxylic acids is 1. The fourth-order valence-electron chi connectivity index (χ4n) is 2.49. The van der Waals surface area contributed by atoms with Crippen LogP contribution in [0, 0.1) is 0 Å². The molecule has 134 valence electrons. The highest BCUT2D eigenvalue weighted by Gasteiger charge is 2.14. The van der Waals surface area contributed by atoms with Gasteiger partial charge >= 0.3 is 0 Å². The van der Waals surface area contributed by atoms with Gasteiger partial charge in [-0.05, 0) is 24.3 Å². The molecule has 4 rings (SSSR count). The van der Waals surface area contributed by atoms with Gasteiger partial charge in [-0.3, -0.25) is 19.9 Å². The van der Waals surface area contributed by atoms with Crippen LogP contribution < -0.4 is 5.32 Å². The number of carbonyl (C=O) groups is 1. The lowest BCUT2D eigenvalue weighted by atomic mass is 10.2. The number of hydrogen-bond acceptors (Lipinski definition) is 7. The first-order valence-electron chi connectivity index (χ1n) is 8.27. The molecule has 0 saturated heterocycles. The molecule has 0 saturated carbocycles. The molecule has 4 aromatic rings. The second-order valence-electron chi connectivity index (χ2n) is 5.67. The number of pyridine rings is 2. The molecule has 0 fully saturated rings. The molecule has 1 amide bonds. The molecule has 0 spiro atoms. The maximum Gasteiger partial charge on any atom is 0.227 e. The van der Waals surface area contributed by atoms with Gasteiger partial charge in [0.1, 0.15) is 5.82 Å². The highest BCUT2D eigenvalue weighted by atomic mass is 16.5. The summed E-state index contributed by atoms with van der Waals surface area (Å²) in [5, 5.41) is 13.5.